The van der Waals surface area contributed by atoms with Gasteiger partial charge in [-0.15, -0.1) is 0 Å². The van der Waals surface area contributed by atoms with Crippen LogP contribution in [0.25, 0.3) is 0 Å². The fourth-order valence-electron chi connectivity index (χ4n) is 4.75. The van der Waals surface area contributed by atoms with Gasteiger partial charge < -0.3 is 40.5 Å². The molecule has 2 aliphatic heterocycles. The summed E-state index contributed by atoms with van der Waals surface area (Å²) >= 11 is 0. The van der Waals surface area contributed by atoms with Crippen LogP contribution in [-0.2, 0) is 0 Å². The number of aromatic hydroxyl groups is 1. The molecule has 2 amide bonds. The third kappa shape index (κ3) is 3.15. The maximum atomic E-state index is 13.0. The summed E-state index contributed by atoms with van der Waals surface area (Å²) in [4.78, 5) is 25.7. The molecule has 11 heteroatoms. The van der Waals surface area contributed by atoms with Crippen molar-refractivity contribution in [3.63, 3.8) is 0 Å². The molecule has 6 N–H and O–H groups in total. The maximum Gasteiger partial charge on any atom is 0.255 e. The SMILES string of the molecule is N#Cc1cccc(C(=O)N[C@@H]2[C@@H]3c4cc5c(c(O)c4C(=O)N[C@H]3[C@H](O)C(O)[C@H]2O)OCO5)c1. The minimum atomic E-state index is -1.67. The van der Waals surface area contributed by atoms with Crippen LogP contribution in [0, 0.1) is 11.3 Å². The normalized spacial score (nSPS) is 29.3. The molecule has 33 heavy (non-hydrogen) atoms. The van der Waals surface area contributed by atoms with Gasteiger partial charge in [-0.05, 0) is 29.8 Å². The summed E-state index contributed by atoms with van der Waals surface area (Å²) in [6.45, 7) is -0.166. The first-order valence-corrected chi connectivity index (χ1v) is 10.1. The van der Waals surface area contributed by atoms with Gasteiger partial charge in [0.2, 0.25) is 12.5 Å². The quantitative estimate of drug-likeness (QED) is 0.335. The van der Waals surface area contributed by atoms with E-state index in [1.165, 1.54) is 30.3 Å². The topological polar surface area (TPSA) is 181 Å². The second kappa shape index (κ2) is 7.63. The number of fused-ring (bicyclic) bond motifs is 4. The van der Waals surface area contributed by atoms with E-state index in [9.17, 15) is 30.0 Å². The zero-order valence-corrected chi connectivity index (χ0v) is 16.9. The molecule has 2 aromatic carbocycles. The molecule has 2 aromatic rings. The van der Waals surface area contributed by atoms with Gasteiger partial charge in [0.15, 0.2) is 11.5 Å². The second-order valence-electron chi connectivity index (χ2n) is 8.11. The number of aliphatic hydroxyl groups excluding tert-OH is 3. The van der Waals surface area contributed by atoms with Crippen LogP contribution in [0.15, 0.2) is 30.3 Å². The number of phenolic OH excluding ortho intramolecular Hbond substituents is 1. The van der Waals surface area contributed by atoms with E-state index >= 15 is 0 Å². The number of rotatable bonds is 2. The smallest absolute Gasteiger partial charge is 0.255 e. The highest BCUT2D eigenvalue weighted by Crippen LogP contribution is 2.50. The number of amides is 2. The number of hydrogen-bond donors (Lipinski definition) is 6. The molecular weight excluding hydrogens is 434 g/mol. The molecule has 5 rings (SSSR count). The number of ether oxygens (including phenoxy) is 2. The van der Waals surface area contributed by atoms with Crippen LogP contribution in [0.5, 0.6) is 17.2 Å². The Bertz CT molecular complexity index is 1210. The Morgan fingerprint density at radius 2 is 1.94 bits per heavy atom. The molecule has 6 atom stereocenters. The third-order valence-electron chi connectivity index (χ3n) is 6.31. The number of aliphatic hydroxyl groups is 3. The van der Waals surface area contributed by atoms with E-state index in [2.05, 4.69) is 10.6 Å². The summed E-state index contributed by atoms with van der Waals surface area (Å²) in [7, 11) is 0. The highest BCUT2D eigenvalue weighted by atomic mass is 16.7. The summed E-state index contributed by atoms with van der Waals surface area (Å²) in [6, 6.07) is 7.04. The van der Waals surface area contributed by atoms with Crippen molar-refractivity contribution in [2.45, 2.75) is 36.3 Å². The Morgan fingerprint density at radius 1 is 1.15 bits per heavy atom. The first kappa shape index (κ1) is 21.0. The van der Waals surface area contributed by atoms with Gasteiger partial charge in [-0.1, -0.05) is 6.07 Å². The maximum absolute atomic E-state index is 13.0. The molecule has 0 bridgehead atoms. The predicted molar refractivity (Wildman–Crippen MR) is 109 cm³/mol. The minimum absolute atomic E-state index is 0.00630. The number of benzene rings is 2. The molecule has 1 fully saturated rings. The number of hydrogen-bond acceptors (Lipinski definition) is 9. The van der Waals surface area contributed by atoms with E-state index in [1.54, 1.807) is 0 Å². The Hall–Kier alpha value is -3.85. The van der Waals surface area contributed by atoms with E-state index < -0.39 is 53.9 Å². The molecule has 0 radical (unpaired) electrons. The molecule has 2 heterocycles. The lowest BCUT2D eigenvalue weighted by molar-refractivity contribution is -0.117. The van der Waals surface area contributed by atoms with Crippen LogP contribution in [0.1, 0.15) is 37.8 Å². The average Bonchev–Trinajstić information content (AvgIpc) is 3.29. The molecule has 0 spiro atoms. The Kier molecular flexibility index (Phi) is 4.86. The number of carbonyl (C=O) groups excluding carboxylic acids is 2. The average molecular weight is 453 g/mol. The minimum Gasteiger partial charge on any atom is -0.504 e. The summed E-state index contributed by atoms with van der Waals surface area (Å²) in [5.41, 5.74) is 0.480. The van der Waals surface area contributed by atoms with Gasteiger partial charge in [0.25, 0.3) is 11.8 Å². The highest BCUT2D eigenvalue weighted by Gasteiger charge is 2.54. The van der Waals surface area contributed by atoms with Crippen LogP contribution in [0.4, 0.5) is 0 Å². The molecule has 0 saturated heterocycles. The van der Waals surface area contributed by atoms with Crippen molar-refractivity contribution in [1.82, 2.24) is 10.6 Å². The number of carbonyl (C=O) groups is 2. The van der Waals surface area contributed by atoms with Crippen molar-refractivity contribution in [2.24, 2.45) is 0 Å². The van der Waals surface area contributed by atoms with Crippen molar-refractivity contribution in [1.29, 1.82) is 5.26 Å². The van der Waals surface area contributed by atoms with Crippen molar-refractivity contribution >= 4 is 11.8 Å². The van der Waals surface area contributed by atoms with Crippen LogP contribution in [0.3, 0.4) is 0 Å². The monoisotopic (exact) mass is 453 g/mol. The highest BCUT2D eigenvalue weighted by molar-refractivity contribution is 6.02. The molecule has 170 valence electrons. The number of nitrogens with one attached hydrogen (secondary N) is 2. The van der Waals surface area contributed by atoms with Gasteiger partial charge in [-0.3, -0.25) is 9.59 Å². The Balaban J connectivity index is 1.59. The fraction of sp³-hybridized carbons (Fsp3) is 0.318. The first-order chi connectivity index (χ1) is 15.8. The standard InChI is InChI=1S/C22H19N3O8/c23-6-8-2-1-3-9(4-8)21(30)24-14-12-10-5-11-20(33-7-32-11)16(26)13(10)22(31)25-15(12)18(28)19(29)17(14)27/h1-5,12,14-15,17-19,26-29H,7H2,(H,24,30)(H,25,31)/t12-,14+,15+,17-,18-,19?/m0/s1. The van der Waals surface area contributed by atoms with Gasteiger partial charge in [0.1, 0.15) is 18.3 Å². The zero-order valence-electron chi connectivity index (χ0n) is 16.9. The van der Waals surface area contributed by atoms with E-state index in [4.69, 9.17) is 14.7 Å². The molecular formula is C22H19N3O8. The fourth-order valence-corrected chi connectivity index (χ4v) is 4.75. The van der Waals surface area contributed by atoms with Gasteiger partial charge >= 0.3 is 0 Å². The van der Waals surface area contributed by atoms with Crippen molar-refractivity contribution in [3.8, 4) is 23.3 Å². The molecule has 1 saturated carbocycles. The van der Waals surface area contributed by atoms with Crippen molar-refractivity contribution in [3.05, 3.63) is 52.6 Å². The van der Waals surface area contributed by atoms with Crippen LogP contribution in [-0.4, -0.2) is 69.4 Å². The summed E-state index contributed by atoms with van der Waals surface area (Å²) < 4.78 is 10.6. The lowest BCUT2D eigenvalue weighted by atomic mass is 9.68. The summed E-state index contributed by atoms with van der Waals surface area (Å²) in [5, 5.41) is 56.8. The Morgan fingerprint density at radius 3 is 2.70 bits per heavy atom. The summed E-state index contributed by atoms with van der Waals surface area (Å²) in [6.07, 6.45) is -4.84. The Labute approximate surface area is 186 Å². The molecule has 0 aromatic heterocycles. The van der Waals surface area contributed by atoms with E-state index in [0.717, 1.165) is 0 Å². The van der Waals surface area contributed by atoms with Gasteiger partial charge in [0, 0.05) is 11.5 Å². The predicted octanol–water partition coefficient (Wildman–Crippen LogP) is -0.917. The molecule has 3 aliphatic rings. The van der Waals surface area contributed by atoms with E-state index in [-0.39, 0.29) is 40.5 Å². The first-order valence-electron chi connectivity index (χ1n) is 10.1. The number of nitriles is 1. The lowest BCUT2D eigenvalue weighted by Gasteiger charge is -2.49. The van der Waals surface area contributed by atoms with Gasteiger partial charge in [0.05, 0.1) is 29.3 Å². The van der Waals surface area contributed by atoms with Crippen LogP contribution >= 0.6 is 0 Å². The van der Waals surface area contributed by atoms with E-state index in [0.29, 0.717) is 0 Å². The van der Waals surface area contributed by atoms with Crippen LogP contribution < -0.4 is 20.1 Å². The number of phenols is 1. The summed E-state index contributed by atoms with van der Waals surface area (Å²) in [5.74, 6) is -2.58. The zero-order chi connectivity index (χ0) is 23.4. The van der Waals surface area contributed by atoms with Crippen molar-refractivity contribution in [2.75, 3.05) is 6.79 Å². The molecule has 11 nitrogen and oxygen atoms in total. The van der Waals surface area contributed by atoms with Crippen LogP contribution in [0.2, 0.25) is 0 Å². The van der Waals surface area contributed by atoms with Gasteiger partial charge in [-0.2, -0.15) is 5.26 Å². The molecule has 1 aliphatic carbocycles. The van der Waals surface area contributed by atoms with Gasteiger partial charge in [-0.25, -0.2) is 0 Å². The second-order valence-corrected chi connectivity index (χ2v) is 8.11. The number of nitrogens with zero attached hydrogens (tertiary/aromatic N) is 1. The third-order valence-corrected chi connectivity index (χ3v) is 6.31. The largest absolute Gasteiger partial charge is 0.504 e. The van der Waals surface area contributed by atoms with E-state index in [1.807, 2.05) is 6.07 Å². The lowest BCUT2D eigenvalue weighted by Crippen LogP contribution is -2.69. The molecule has 1 unspecified atom stereocenters. The van der Waals surface area contributed by atoms with Crippen molar-refractivity contribution < 1.29 is 39.5 Å².